The number of sulfonamides is 1. The maximum Gasteiger partial charge on any atom is 0.573 e. The van der Waals surface area contributed by atoms with E-state index in [1.165, 1.54) is 16.4 Å². The van der Waals surface area contributed by atoms with E-state index in [4.69, 9.17) is 0 Å². The predicted molar refractivity (Wildman–Crippen MR) is 96.7 cm³/mol. The number of carbonyl (C=O) groups excluding carboxylic acids is 1. The summed E-state index contributed by atoms with van der Waals surface area (Å²) in [6, 6.07) is 4.16. The van der Waals surface area contributed by atoms with Crippen LogP contribution >= 0.6 is 0 Å². The third-order valence-corrected chi connectivity index (χ3v) is 6.19. The van der Waals surface area contributed by atoms with Gasteiger partial charge in [0, 0.05) is 38.4 Å². The van der Waals surface area contributed by atoms with Gasteiger partial charge < -0.3 is 14.5 Å². The first-order valence-corrected chi connectivity index (χ1v) is 10.7. The molecule has 0 N–H and O–H groups in total. The average Bonchev–Trinajstić information content (AvgIpc) is 2.59. The quantitative estimate of drug-likeness (QED) is 0.736. The molecule has 7 nitrogen and oxygen atoms in total. The van der Waals surface area contributed by atoms with Gasteiger partial charge in [0.25, 0.3) is 0 Å². The summed E-state index contributed by atoms with van der Waals surface area (Å²) in [7, 11) is -3.27. The van der Waals surface area contributed by atoms with Crippen LogP contribution in [0.5, 0.6) is 5.75 Å². The average molecular weight is 421 g/mol. The molecule has 3 rings (SSSR count). The van der Waals surface area contributed by atoms with Crippen molar-refractivity contribution in [3.63, 3.8) is 0 Å². The Labute approximate surface area is 161 Å². The van der Waals surface area contributed by atoms with Crippen molar-refractivity contribution in [3.8, 4) is 5.75 Å². The lowest BCUT2D eigenvalue weighted by Crippen LogP contribution is -2.52. The molecule has 0 radical (unpaired) electrons. The number of amides is 1. The Morgan fingerprint density at radius 2 is 1.82 bits per heavy atom. The predicted octanol–water partition coefficient (Wildman–Crippen LogP) is 1.44. The van der Waals surface area contributed by atoms with E-state index in [1.807, 2.05) is 4.90 Å². The number of ether oxygens (including phenoxy) is 1. The fraction of sp³-hybridized carbons (Fsp3) is 0.588. The van der Waals surface area contributed by atoms with Gasteiger partial charge in [0.2, 0.25) is 15.9 Å². The number of carbonyl (C=O) groups is 1. The van der Waals surface area contributed by atoms with Crippen LogP contribution in [0.4, 0.5) is 18.9 Å². The highest BCUT2D eigenvalue weighted by molar-refractivity contribution is 7.88. The van der Waals surface area contributed by atoms with Gasteiger partial charge in [0.05, 0.1) is 12.8 Å². The van der Waals surface area contributed by atoms with Crippen molar-refractivity contribution in [3.05, 3.63) is 23.8 Å². The van der Waals surface area contributed by atoms with E-state index in [9.17, 15) is 26.4 Å². The van der Waals surface area contributed by atoms with E-state index < -0.39 is 16.4 Å². The molecule has 0 aromatic heterocycles. The number of anilines is 1. The first-order valence-electron chi connectivity index (χ1n) is 8.89. The van der Waals surface area contributed by atoms with E-state index in [-0.39, 0.29) is 31.3 Å². The Hall–Kier alpha value is -2.01. The van der Waals surface area contributed by atoms with E-state index in [0.29, 0.717) is 31.6 Å². The fourth-order valence-electron chi connectivity index (χ4n) is 3.55. The molecule has 28 heavy (non-hydrogen) atoms. The van der Waals surface area contributed by atoms with Crippen molar-refractivity contribution < 1.29 is 31.1 Å². The van der Waals surface area contributed by atoms with Crippen LogP contribution in [0, 0.1) is 0 Å². The smallest absolute Gasteiger partial charge is 0.406 e. The molecule has 2 aliphatic rings. The number of hydrogen-bond acceptors (Lipinski definition) is 5. The van der Waals surface area contributed by atoms with E-state index >= 15 is 0 Å². The Bertz CT molecular complexity index is 837. The summed E-state index contributed by atoms with van der Waals surface area (Å²) < 4.78 is 65.7. The van der Waals surface area contributed by atoms with Gasteiger partial charge in [-0.25, -0.2) is 8.42 Å². The van der Waals surface area contributed by atoms with E-state index in [2.05, 4.69) is 4.74 Å². The summed E-state index contributed by atoms with van der Waals surface area (Å²) in [5.74, 6) is -0.395. The molecule has 156 valence electrons. The molecule has 2 heterocycles. The second-order valence-electron chi connectivity index (χ2n) is 6.91. The topological polar surface area (TPSA) is 70.2 Å². The van der Waals surface area contributed by atoms with Crippen LogP contribution in [0.3, 0.4) is 0 Å². The van der Waals surface area contributed by atoms with E-state index in [1.54, 1.807) is 11.0 Å². The van der Waals surface area contributed by atoms with Gasteiger partial charge in [0.1, 0.15) is 5.75 Å². The summed E-state index contributed by atoms with van der Waals surface area (Å²) in [5, 5.41) is 0. The lowest BCUT2D eigenvalue weighted by Gasteiger charge is -2.36. The zero-order valence-electron chi connectivity index (χ0n) is 15.4. The highest BCUT2D eigenvalue weighted by Crippen LogP contribution is 2.32. The van der Waals surface area contributed by atoms with Crippen molar-refractivity contribution in [2.24, 2.45) is 0 Å². The van der Waals surface area contributed by atoms with Crippen LogP contribution in [0.2, 0.25) is 0 Å². The highest BCUT2D eigenvalue weighted by atomic mass is 32.2. The van der Waals surface area contributed by atoms with Gasteiger partial charge in [-0.3, -0.25) is 4.79 Å². The van der Waals surface area contributed by atoms with Crippen LogP contribution in [0.1, 0.15) is 12.0 Å². The molecule has 0 atom stereocenters. The Kier molecular flexibility index (Phi) is 5.76. The van der Waals surface area contributed by atoms with Gasteiger partial charge in [0.15, 0.2) is 0 Å². The molecular weight excluding hydrogens is 399 g/mol. The number of rotatable bonds is 4. The van der Waals surface area contributed by atoms with Crippen LogP contribution < -0.4 is 9.64 Å². The second-order valence-corrected chi connectivity index (χ2v) is 8.89. The molecule has 0 aliphatic carbocycles. The molecule has 0 bridgehead atoms. The highest BCUT2D eigenvalue weighted by Gasteiger charge is 2.32. The van der Waals surface area contributed by atoms with E-state index in [0.717, 1.165) is 18.4 Å². The number of hydrogen-bond donors (Lipinski definition) is 0. The van der Waals surface area contributed by atoms with Crippen molar-refractivity contribution in [2.75, 3.05) is 50.4 Å². The molecule has 0 unspecified atom stereocenters. The lowest BCUT2D eigenvalue weighted by atomic mass is 10.0. The molecule has 1 fully saturated rings. The van der Waals surface area contributed by atoms with Crippen LogP contribution in [-0.4, -0.2) is 75.4 Å². The van der Waals surface area contributed by atoms with Crippen molar-refractivity contribution in [2.45, 2.75) is 19.2 Å². The van der Waals surface area contributed by atoms with Crippen LogP contribution in [-0.2, 0) is 21.2 Å². The maximum absolute atomic E-state index is 12.6. The Balaban J connectivity index is 1.64. The SMILES string of the molecule is CS(=O)(=O)N1CCN(C(=O)CN2CCCc3cc(OC(F)(F)F)ccc32)CC1. The molecule has 2 aliphatic heterocycles. The van der Waals surface area contributed by atoms with Gasteiger partial charge >= 0.3 is 6.36 Å². The summed E-state index contributed by atoms with van der Waals surface area (Å²) in [5.41, 5.74) is 1.44. The van der Waals surface area contributed by atoms with Gasteiger partial charge in [-0.15, -0.1) is 13.2 Å². The Morgan fingerprint density at radius 1 is 1.14 bits per heavy atom. The molecule has 0 saturated carbocycles. The molecule has 0 spiro atoms. The molecule has 11 heteroatoms. The standard InChI is InChI=1S/C17H22F3N3O4S/c1-28(25,26)23-9-7-21(8-10-23)16(24)12-22-6-2-3-13-11-14(4-5-15(13)22)27-17(18,19)20/h4-5,11H,2-3,6-10,12H2,1H3. The first kappa shape index (κ1) is 20.7. The third kappa shape index (κ3) is 5.07. The zero-order chi connectivity index (χ0) is 20.5. The summed E-state index contributed by atoms with van der Waals surface area (Å²) in [6.45, 7) is 1.90. The normalized spacial score (nSPS) is 18.7. The summed E-state index contributed by atoms with van der Waals surface area (Å²) in [6.07, 6.45) is -2.27. The monoisotopic (exact) mass is 421 g/mol. The summed E-state index contributed by atoms with van der Waals surface area (Å²) in [4.78, 5) is 16.1. The molecule has 1 aromatic carbocycles. The minimum Gasteiger partial charge on any atom is -0.406 e. The first-order chi connectivity index (χ1) is 13.0. The second kappa shape index (κ2) is 7.78. The zero-order valence-corrected chi connectivity index (χ0v) is 16.2. The minimum atomic E-state index is -4.74. The molecular formula is C17H22F3N3O4S. The minimum absolute atomic E-state index is 0.103. The number of fused-ring (bicyclic) bond motifs is 1. The largest absolute Gasteiger partial charge is 0.573 e. The number of alkyl halides is 3. The van der Waals surface area contributed by atoms with Crippen molar-refractivity contribution in [1.29, 1.82) is 0 Å². The molecule has 1 aromatic rings. The lowest BCUT2D eigenvalue weighted by molar-refractivity contribution is -0.274. The number of aryl methyl sites for hydroxylation is 1. The Morgan fingerprint density at radius 3 is 2.43 bits per heavy atom. The van der Waals surface area contributed by atoms with Crippen LogP contribution in [0.25, 0.3) is 0 Å². The maximum atomic E-state index is 12.6. The van der Waals surface area contributed by atoms with Gasteiger partial charge in [-0.1, -0.05) is 0 Å². The number of nitrogens with zero attached hydrogens (tertiary/aromatic N) is 3. The molecule has 1 saturated heterocycles. The summed E-state index contributed by atoms with van der Waals surface area (Å²) >= 11 is 0. The van der Waals surface area contributed by atoms with Gasteiger partial charge in [-0.05, 0) is 36.6 Å². The third-order valence-electron chi connectivity index (χ3n) is 4.89. The van der Waals surface area contributed by atoms with Crippen molar-refractivity contribution >= 4 is 21.6 Å². The number of piperazine rings is 1. The number of halogens is 3. The fourth-order valence-corrected chi connectivity index (χ4v) is 4.37. The van der Waals surface area contributed by atoms with Crippen LogP contribution in [0.15, 0.2) is 18.2 Å². The van der Waals surface area contributed by atoms with Crippen molar-refractivity contribution in [1.82, 2.24) is 9.21 Å². The molecule has 1 amide bonds. The number of benzene rings is 1. The van der Waals surface area contributed by atoms with Gasteiger partial charge in [-0.2, -0.15) is 4.31 Å².